The Kier molecular flexibility index (Phi) is 5.72. The van der Waals surface area contributed by atoms with E-state index in [0.29, 0.717) is 25.0 Å². The van der Waals surface area contributed by atoms with Crippen LogP contribution in [0.4, 0.5) is 5.69 Å². The van der Waals surface area contributed by atoms with Crippen molar-refractivity contribution in [2.24, 2.45) is 5.92 Å². The van der Waals surface area contributed by atoms with Gasteiger partial charge in [0.25, 0.3) is 0 Å². The number of para-hydroxylation sites is 2. The van der Waals surface area contributed by atoms with Crippen molar-refractivity contribution in [1.82, 2.24) is 0 Å². The summed E-state index contributed by atoms with van der Waals surface area (Å²) in [6, 6.07) is 25.2. The number of nitrogens with one attached hydrogen (secondary N) is 1. The molecule has 0 aromatic heterocycles. The number of rotatable bonds is 7. The highest BCUT2D eigenvalue weighted by atomic mass is 16.5. The van der Waals surface area contributed by atoms with E-state index in [0.717, 1.165) is 29.2 Å². The molecule has 1 aliphatic carbocycles. The van der Waals surface area contributed by atoms with Crippen LogP contribution in [-0.2, 0) is 6.61 Å². The summed E-state index contributed by atoms with van der Waals surface area (Å²) in [6.07, 6.45) is 5.72. The quantitative estimate of drug-likeness (QED) is 0.413. The van der Waals surface area contributed by atoms with Gasteiger partial charge in [-0.3, -0.25) is 0 Å². The van der Waals surface area contributed by atoms with Gasteiger partial charge in [0.15, 0.2) is 0 Å². The van der Waals surface area contributed by atoms with E-state index >= 15 is 0 Å². The van der Waals surface area contributed by atoms with Crippen molar-refractivity contribution in [3.63, 3.8) is 0 Å². The van der Waals surface area contributed by atoms with E-state index in [1.54, 1.807) is 0 Å². The maximum Gasteiger partial charge on any atom is 0.143 e. The molecular weight excluding hydrogens is 394 g/mol. The first-order valence-electron chi connectivity index (χ1n) is 11.3. The summed E-state index contributed by atoms with van der Waals surface area (Å²) in [6.45, 7) is 7.04. The molecule has 162 valence electrons. The lowest BCUT2D eigenvalue weighted by Crippen LogP contribution is -2.29. The second kappa shape index (κ2) is 8.96. The summed E-state index contributed by atoms with van der Waals surface area (Å²) in [4.78, 5) is 0. The van der Waals surface area contributed by atoms with Crippen molar-refractivity contribution in [3.8, 4) is 11.5 Å². The van der Waals surface area contributed by atoms with E-state index < -0.39 is 0 Å². The van der Waals surface area contributed by atoms with Crippen LogP contribution in [0, 0.1) is 5.92 Å². The number of ether oxygens (including phenoxy) is 2. The number of hydrogen-bond acceptors (Lipinski definition) is 3. The van der Waals surface area contributed by atoms with Gasteiger partial charge >= 0.3 is 0 Å². The first-order chi connectivity index (χ1) is 15.7. The van der Waals surface area contributed by atoms with Crippen LogP contribution in [0.3, 0.4) is 0 Å². The van der Waals surface area contributed by atoms with Crippen molar-refractivity contribution in [2.75, 3.05) is 11.9 Å². The summed E-state index contributed by atoms with van der Waals surface area (Å²) in [5.74, 6) is 2.63. The van der Waals surface area contributed by atoms with E-state index in [-0.39, 0.29) is 6.04 Å². The lowest BCUT2D eigenvalue weighted by atomic mass is 9.76. The number of fused-ring (bicyclic) bond motifs is 3. The SMILES string of the molecule is C=C(C)COc1cccc2c1NC(c1ccccc1OCc1ccccc1)C1CC=CC21. The minimum Gasteiger partial charge on any atom is -0.489 e. The first-order valence-corrected chi connectivity index (χ1v) is 11.3. The molecule has 3 nitrogen and oxygen atoms in total. The van der Waals surface area contributed by atoms with Gasteiger partial charge in [-0.2, -0.15) is 0 Å². The van der Waals surface area contributed by atoms with Gasteiger partial charge in [0.1, 0.15) is 24.7 Å². The fourth-order valence-electron chi connectivity index (χ4n) is 4.83. The minimum atomic E-state index is 0.143. The maximum atomic E-state index is 6.32. The van der Waals surface area contributed by atoms with E-state index in [2.05, 4.69) is 66.5 Å². The Balaban J connectivity index is 1.47. The monoisotopic (exact) mass is 423 g/mol. The van der Waals surface area contributed by atoms with Crippen molar-refractivity contribution >= 4 is 5.69 Å². The fraction of sp³-hybridized carbons (Fsp3) is 0.241. The molecule has 0 spiro atoms. The molecular formula is C29H29NO2. The Hall–Kier alpha value is -3.46. The summed E-state index contributed by atoms with van der Waals surface area (Å²) >= 11 is 0. The van der Waals surface area contributed by atoms with Crippen LogP contribution < -0.4 is 14.8 Å². The highest BCUT2D eigenvalue weighted by Gasteiger charge is 2.40. The molecule has 3 aromatic carbocycles. The van der Waals surface area contributed by atoms with E-state index in [9.17, 15) is 0 Å². The molecule has 1 aliphatic heterocycles. The molecule has 32 heavy (non-hydrogen) atoms. The Morgan fingerprint density at radius 3 is 2.50 bits per heavy atom. The van der Waals surface area contributed by atoms with Crippen LogP contribution in [0.5, 0.6) is 11.5 Å². The first kappa shape index (κ1) is 20.4. The lowest BCUT2D eigenvalue weighted by molar-refractivity contribution is 0.296. The Labute approximate surface area is 190 Å². The number of allylic oxidation sites excluding steroid dienone is 2. The molecule has 5 rings (SSSR count). The maximum absolute atomic E-state index is 6.32. The average molecular weight is 424 g/mol. The molecule has 1 N–H and O–H groups in total. The molecule has 0 amide bonds. The Bertz CT molecular complexity index is 1130. The van der Waals surface area contributed by atoms with Gasteiger partial charge in [-0.05, 0) is 48.1 Å². The van der Waals surface area contributed by atoms with Crippen LogP contribution in [-0.4, -0.2) is 6.61 Å². The van der Waals surface area contributed by atoms with Crippen molar-refractivity contribution in [3.05, 3.63) is 114 Å². The fourth-order valence-corrected chi connectivity index (χ4v) is 4.83. The predicted molar refractivity (Wildman–Crippen MR) is 130 cm³/mol. The molecule has 3 atom stereocenters. The van der Waals surface area contributed by atoms with Crippen molar-refractivity contribution in [2.45, 2.75) is 31.9 Å². The number of benzene rings is 3. The van der Waals surface area contributed by atoms with Gasteiger partial charge < -0.3 is 14.8 Å². The van der Waals surface area contributed by atoms with E-state index in [1.165, 1.54) is 16.7 Å². The Morgan fingerprint density at radius 1 is 0.906 bits per heavy atom. The molecule has 3 aromatic rings. The predicted octanol–water partition coefficient (Wildman–Crippen LogP) is 7.05. The topological polar surface area (TPSA) is 30.5 Å². The molecule has 2 aliphatic rings. The third-order valence-electron chi connectivity index (χ3n) is 6.32. The molecule has 0 radical (unpaired) electrons. The molecule has 0 bridgehead atoms. The number of anilines is 1. The smallest absolute Gasteiger partial charge is 0.143 e. The molecule has 0 fully saturated rings. The van der Waals surface area contributed by atoms with E-state index in [1.807, 2.05) is 37.3 Å². The second-order valence-corrected chi connectivity index (χ2v) is 8.75. The van der Waals surface area contributed by atoms with Crippen molar-refractivity contribution < 1.29 is 9.47 Å². The summed E-state index contributed by atoms with van der Waals surface area (Å²) in [5.41, 5.74) is 5.77. The normalized spacial score (nSPS) is 20.7. The van der Waals surface area contributed by atoms with Gasteiger partial charge in [-0.15, -0.1) is 0 Å². The largest absolute Gasteiger partial charge is 0.489 e. The average Bonchev–Trinajstić information content (AvgIpc) is 3.32. The Morgan fingerprint density at radius 2 is 1.66 bits per heavy atom. The van der Waals surface area contributed by atoms with Crippen LogP contribution in [0.25, 0.3) is 0 Å². The van der Waals surface area contributed by atoms with Crippen LogP contribution in [0.15, 0.2) is 97.1 Å². The van der Waals surface area contributed by atoms with Crippen LogP contribution in [0.2, 0.25) is 0 Å². The molecule has 3 heteroatoms. The van der Waals surface area contributed by atoms with Gasteiger partial charge in [0.05, 0.1) is 11.7 Å². The highest BCUT2D eigenvalue weighted by molar-refractivity contribution is 5.68. The minimum absolute atomic E-state index is 0.143. The van der Waals surface area contributed by atoms with Gasteiger partial charge in [-0.25, -0.2) is 0 Å². The van der Waals surface area contributed by atoms with Gasteiger partial charge in [0, 0.05) is 11.5 Å². The van der Waals surface area contributed by atoms with Crippen LogP contribution >= 0.6 is 0 Å². The van der Waals surface area contributed by atoms with Crippen LogP contribution in [0.1, 0.15) is 42.0 Å². The standard InChI is InChI=1S/C29H29NO2/c1-20(2)18-31-27-17-9-15-24-22-13-8-14-23(22)28(30-29(24)27)25-12-6-7-16-26(25)32-19-21-10-4-3-5-11-21/h3-13,15-17,22-23,28,30H,1,14,18-19H2,2H3. The lowest BCUT2D eigenvalue weighted by Gasteiger charge is -2.38. The zero-order valence-corrected chi connectivity index (χ0v) is 18.5. The third-order valence-corrected chi connectivity index (χ3v) is 6.32. The molecule has 1 heterocycles. The van der Waals surface area contributed by atoms with Crippen molar-refractivity contribution in [1.29, 1.82) is 0 Å². The molecule has 0 saturated heterocycles. The molecule has 3 unspecified atom stereocenters. The summed E-state index contributed by atoms with van der Waals surface area (Å²) < 4.78 is 12.4. The molecule has 0 saturated carbocycles. The third kappa shape index (κ3) is 4.03. The summed E-state index contributed by atoms with van der Waals surface area (Å²) in [5, 5.41) is 3.84. The van der Waals surface area contributed by atoms with Gasteiger partial charge in [-0.1, -0.05) is 79.4 Å². The summed E-state index contributed by atoms with van der Waals surface area (Å²) in [7, 11) is 0. The number of hydrogen-bond donors (Lipinski definition) is 1. The van der Waals surface area contributed by atoms with E-state index in [4.69, 9.17) is 9.47 Å². The van der Waals surface area contributed by atoms with Gasteiger partial charge in [0.2, 0.25) is 0 Å². The zero-order valence-electron chi connectivity index (χ0n) is 18.5. The second-order valence-electron chi connectivity index (χ2n) is 8.75. The highest BCUT2D eigenvalue weighted by Crippen LogP contribution is 2.53. The zero-order chi connectivity index (χ0) is 21.9.